The number of hydrogen-bond donors (Lipinski definition) is 1. The van der Waals surface area contributed by atoms with Crippen LogP contribution in [0.15, 0.2) is 18.2 Å². The number of anilines is 1. The van der Waals surface area contributed by atoms with E-state index in [4.69, 9.17) is 9.47 Å². The number of urea groups is 1. The second-order valence-electron chi connectivity index (χ2n) is 6.22. The molecule has 0 spiro atoms. The molecule has 1 fully saturated rings. The lowest BCUT2D eigenvalue weighted by molar-refractivity contribution is -0.121. The maximum Gasteiger partial charge on any atom is 0.319 e. The fourth-order valence-electron chi connectivity index (χ4n) is 2.87. The van der Waals surface area contributed by atoms with Gasteiger partial charge in [0.2, 0.25) is 5.91 Å². The third-order valence-electron chi connectivity index (χ3n) is 4.26. The Labute approximate surface area is 148 Å². The van der Waals surface area contributed by atoms with Crippen molar-refractivity contribution in [2.75, 3.05) is 46.2 Å². The summed E-state index contributed by atoms with van der Waals surface area (Å²) >= 11 is 0. The first-order chi connectivity index (χ1) is 12.0. The minimum Gasteiger partial charge on any atom is -0.497 e. The van der Waals surface area contributed by atoms with Crippen molar-refractivity contribution < 1.29 is 19.1 Å². The van der Waals surface area contributed by atoms with E-state index in [-0.39, 0.29) is 17.9 Å². The summed E-state index contributed by atoms with van der Waals surface area (Å²) in [7, 11) is 5.05. The zero-order chi connectivity index (χ0) is 18.4. The highest BCUT2D eigenvalue weighted by atomic mass is 16.5. The Morgan fingerprint density at radius 3 is 2.52 bits per heavy atom. The summed E-state index contributed by atoms with van der Waals surface area (Å²) in [6, 6.07) is 5.33. The van der Waals surface area contributed by atoms with Gasteiger partial charge in [0.1, 0.15) is 11.5 Å². The number of likely N-dealkylation sites (tertiary alicyclic amines) is 1. The summed E-state index contributed by atoms with van der Waals surface area (Å²) in [5, 5.41) is 2.95. The summed E-state index contributed by atoms with van der Waals surface area (Å²) < 4.78 is 10.8. The van der Waals surface area contributed by atoms with E-state index in [9.17, 15) is 9.59 Å². The highest BCUT2D eigenvalue weighted by Crippen LogP contribution is 2.30. The zero-order valence-electron chi connectivity index (χ0n) is 15.4. The fourth-order valence-corrected chi connectivity index (χ4v) is 2.87. The average Bonchev–Trinajstić information content (AvgIpc) is 2.62. The average molecular weight is 349 g/mol. The topological polar surface area (TPSA) is 71.1 Å². The molecule has 0 aromatic heterocycles. The molecule has 0 saturated carbocycles. The molecule has 2 rings (SSSR count). The Bertz CT molecular complexity index is 610. The van der Waals surface area contributed by atoms with Crippen molar-refractivity contribution in [3.05, 3.63) is 18.2 Å². The van der Waals surface area contributed by atoms with Crippen LogP contribution in [-0.2, 0) is 4.79 Å². The minimum absolute atomic E-state index is 0.00899. The van der Waals surface area contributed by atoms with Crippen LogP contribution in [0.4, 0.5) is 10.5 Å². The molecular formula is C18H27N3O4. The van der Waals surface area contributed by atoms with Gasteiger partial charge >= 0.3 is 6.03 Å². The van der Waals surface area contributed by atoms with Crippen molar-refractivity contribution in [1.29, 1.82) is 0 Å². The monoisotopic (exact) mass is 349 g/mol. The lowest BCUT2D eigenvalue weighted by Gasteiger charge is -2.33. The van der Waals surface area contributed by atoms with Crippen LogP contribution >= 0.6 is 0 Å². The Hall–Kier alpha value is -2.44. The first-order valence-electron chi connectivity index (χ1n) is 8.54. The largest absolute Gasteiger partial charge is 0.497 e. The fraction of sp³-hybridized carbons (Fsp3) is 0.556. The number of piperidine rings is 1. The normalized spacial score (nSPS) is 14.8. The van der Waals surface area contributed by atoms with Gasteiger partial charge in [-0.15, -0.1) is 0 Å². The van der Waals surface area contributed by atoms with E-state index in [2.05, 4.69) is 5.32 Å². The zero-order valence-corrected chi connectivity index (χ0v) is 15.4. The van der Waals surface area contributed by atoms with Gasteiger partial charge in [-0.25, -0.2) is 4.79 Å². The summed E-state index contributed by atoms with van der Waals surface area (Å²) in [5.74, 6) is 1.11. The molecule has 25 heavy (non-hydrogen) atoms. The van der Waals surface area contributed by atoms with Gasteiger partial charge in [0, 0.05) is 39.2 Å². The molecule has 1 aliphatic heterocycles. The van der Waals surface area contributed by atoms with Crippen LogP contribution < -0.4 is 14.8 Å². The van der Waals surface area contributed by atoms with Gasteiger partial charge in [-0.05, 0) is 31.9 Å². The standard InChI is InChI=1S/C18H27N3O4/c1-5-25-16-7-6-14(24-4)12-15(16)19-17(22)13-8-10-21(11-9-13)18(23)20(2)3/h6-7,12-13H,5,8-11H2,1-4H3,(H,19,22). The van der Waals surface area contributed by atoms with E-state index in [0.717, 1.165) is 0 Å². The van der Waals surface area contributed by atoms with E-state index < -0.39 is 0 Å². The molecule has 7 heteroatoms. The molecule has 1 saturated heterocycles. The second-order valence-corrected chi connectivity index (χ2v) is 6.22. The first kappa shape index (κ1) is 18.9. The summed E-state index contributed by atoms with van der Waals surface area (Å²) in [6.45, 7) is 3.59. The maximum absolute atomic E-state index is 12.6. The van der Waals surface area contributed by atoms with E-state index in [0.29, 0.717) is 49.7 Å². The van der Waals surface area contributed by atoms with E-state index >= 15 is 0 Å². The molecule has 7 nitrogen and oxygen atoms in total. The van der Waals surface area contributed by atoms with Gasteiger partial charge in [-0.2, -0.15) is 0 Å². The molecule has 1 heterocycles. The van der Waals surface area contributed by atoms with Gasteiger partial charge < -0.3 is 24.6 Å². The summed E-state index contributed by atoms with van der Waals surface area (Å²) in [4.78, 5) is 27.9. The lowest BCUT2D eigenvalue weighted by Crippen LogP contribution is -2.45. The number of methoxy groups -OCH3 is 1. The van der Waals surface area contributed by atoms with Gasteiger partial charge in [-0.3, -0.25) is 4.79 Å². The van der Waals surface area contributed by atoms with Crippen LogP contribution in [0.2, 0.25) is 0 Å². The van der Waals surface area contributed by atoms with Crippen molar-refractivity contribution in [2.24, 2.45) is 5.92 Å². The van der Waals surface area contributed by atoms with Crippen LogP contribution in [0, 0.1) is 5.92 Å². The number of nitrogens with one attached hydrogen (secondary N) is 1. The van der Waals surface area contributed by atoms with Crippen molar-refractivity contribution in [3.8, 4) is 11.5 Å². The molecule has 1 aliphatic rings. The van der Waals surface area contributed by atoms with Gasteiger partial charge in [-0.1, -0.05) is 0 Å². The lowest BCUT2D eigenvalue weighted by atomic mass is 9.96. The third kappa shape index (κ3) is 4.78. The number of ether oxygens (including phenoxy) is 2. The minimum atomic E-state index is -0.119. The molecule has 138 valence electrons. The van der Waals surface area contributed by atoms with Crippen molar-refractivity contribution >= 4 is 17.6 Å². The first-order valence-corrected chi connectivity index (χ1v) is 8.54. The number of carbonyl (C=O) groups excluding carboxylic acids is 2. The molecule has 0 aliphatic carbocycles. The highest BCUT2D eigenvalue weighted by molar-refractivity contribution is 5.94. The van der Waals surface area contributed by atoms with E-state index in [1.807, 2.05) is 6.92 Å². The predicted octanol–water partition coefficient (Wildman–Crippen LogP) is 2.43. The Morgan fingerprint density at radius 2 is 1.96 bits per heavy atom. The maximum atomic E-state index is 12.6. The number of carbonyl (C=O) groups is 2. The van der Waals surface area contributed by atoms with Crippen LogP contribution in [0.1, 0.15) is 19.8 Å². The molecule has 1 N–H and O–H groups in total. The molecule has 0 bridgehead atoms. The molecule has 0 unspecified atom stereocenters. The van der Waals surface area contributed by atoms with E-state index in [1.165, 1.54) is 0 Å². The van der Waals surface area contributed by atoms with Crippen molar-refractivity contribution in [3.63, 3.8) is 0 Å². The number of rotatable bonds is 5. The quantitative estimate of drug-likeness (QED) is 0.886. The number of hydrogen-bond acceptors (Lipinski definition) is 4. The smallest absolute Gasteiger partial charge is 0.319 e. The van der Waals surface area contributed by atoms with Crippen molar-refractivity contribution in [2.45, 2.75) is 19.8 Å². The van der Waals surface area contributed by atoms with Crippen LogP contribution in [0.3, 0.4) is 0 Å². The Morgan fingerprint density at radius 1 is 1.28 bits per heavy atom. The molecular weight excluding hydrogens is 322 g/mol. The summed E-state index contributed by atoms with van der Waals surface area (Å²) in [6.07, 6.45) is 1.30. The number of nitrogens with zero attached hydrogens (tertiary/aromatic N) is 2. The predicted molar refractivity (Wildman–Crippen MR) is 96.2 cm³/mol. The van der Waals surface area contributed by atoms with Gasteiger partial charge in [0.15, 0.2) is 0 Å². The molecule has 1 aromatic rings. The second kappa shape index (κ2) is 8.60. The van der Waals surface area contributed by atoms with Crippen LogP contribution in [0.25, 0.3) is 0 Å². The number of benzene rings is 1. The van der Waals surface area contributed by atoms with Gasteiger partial charge in [0.25, 0.3) is 0 Å². The highest BCUT2D eigenvalue weighted by Gasteiger charge is 2.28. The van der Waals surface area contributed by atoms with Crippen LogP contribution in [0.5, 0.6) is 11.5 Å². The SMILES string of the molecule is CCOc1ccc(OC)cc1NC(=O)C1CCN(C(=O)N(C)C)CC1. The third-order valence-corrected chi connectivity index (χ3v) is 4.26. The Balaban J connectivity index is 2.00. The van der Waals surface area contributed by atoms with Crippen LogP contribution in [-0.4, -0.2) is 62.6 Å². The van der Waals surface area contributed by atoms with Crippen molar-refractivity contribution in [1.82, 2.24) is 9.80 Å². The molecule has 0 radical (unpaired) electrons. The molecule has 1 aromatic carbocycles. The van der Waals surface area contributed by atoms with Gasteiger partial charge in [0.05, 0.1) is 19.4 Å². The Kier molecular flexibility index (Phi) is 6.50. The van der Waals surface area contributed by atoms with E-state index in [1.54, 1.807) is 49.2 Å². The number of amides is 3. The summed E-state index contributed by atoms with van der Waals surface area (Å²) in [5.41, 5.74) is 0.609. The molecule has 0 atom stereocenters. The molecule has 3 amide bonds.